The average molecular weight is 241 g/mol. The highest BCUT2D eigenvalue weighted by atomic mass is 16.2. The Morgan fingerprint density at radius 2 is 2.35 bits per heavy atom. The highest BCUT2D eigenvalue weighted by molar-refractivity contribution is 5.84. The molecule has 5 heteroatoms. The molecule has 0 aliphatic carbocycles. The molecule has 0 aromatic carbocycles. The predicted octanol–water partition coefficient (Wildman–Crippen LogP) is 0.159. The SMILES string of the molecule is CCCC(C)NC(=O)CNC1CCCNC1=O. The molecular weight excluding hydrogens is 218 g/mol. The van der Waals surface area contributed by atoms with Crippen LogP contribution in [0.15, 0.2) is 0 Å². The number of piperidine rings is 1. The predicted molar refractivity (Wildman–Crippen MR) is 66.5 cm³/mol. The van der Waals surface area contributed by atoms with E-state index in [4.69, 9.17) is 0 Å². The second-order valence-corrected chi connectivity index (χ2v) is 4.62. The lowest BCUT2D eigenvalue weighted by molar-refractivity contribution is -0.125. The monoisotopic (exact) mass is 241 g/mol. The fourth-order valence-corrected chi connectivity index (χ4v) is 2.01. The van der Waals surface area contributed by atoms with Gasteiger partial charge in [0.15, 0.2) is 0 Å². The lowest BCUT2D eigenvalue weighted by Gasteiger charge is -2.23. The fraction of sp³-hybridized carbons (Fsp3) is 0.833. The van der Waals surface area contributed by atoms with Gasteiger partial charge in [-0.1, -0.05) is 13.3 Å². The van der Waals surface area contributed by atoms with Gasteiger partial charge in [-0.3, -0.25) is 14.9 Å². The van der Waals surface area contributed by atoms with E-state index in [1.807, 2.05) is 6.92 Å². The lowest BCUT2D eigenvalue weighted by Crippen LogP contribution is -2.51. The minimum absolute atomic E-state index is 0.00524. The van der Waals surface area contributed by atoms with Crippen molar-refractivity contribution in [2.75, 3.05) is 13.1 Å². The van der Waals surface area contributed by atoms with E-state index in [1.165, 1.54) is 0 Å². The van der Waals surface area contributed by atoms with E-state index in [2.05, 4.69) is 22.9 Å². The van der Waals surface area contributed by atoms with Gasteiger partial charge >= 0.3 is 0 Å². The van der Waals surface area contributed by atoms with Crippen molar-refractivity contribution in [3.8, 4) is 0 Å². The summed E-state index contributed by atoms with van der Waals surface area (Å²) in [6, 6.07) is -0.00883. The molecule has 1 heterocycles. The van der Waals surface area contributed by atoms with E-state index in [1.54, 1.807) is 0 Å². The van der Waals surface area contributed by atoms with E-state index in [0.717, 1.165) is 32.2 Å². The molecule has 2 amide bonds. The van der Waals surface area contributed by atoms with Crippen LogP contribution in [0.5, 0.6) is 0 Å². The van der Waals surface area contributed by atoms with Crippen molar-refractivity contribution < 1.29 is 9.59 Å². The Hall–Kier alpha value is -1.10. The lowest BCUT2D eigenvalue weighted by atomic mass is 10.1. The Morgan fingerprint density at radius 3 is 3.00 bits per heavy atom. The summed E-state index contributed by atoms with van der Waals surface area (Å²) in [6.45, 7) is 5.05. The fourth-order valence-electron chi connectivity index (χ4n) is 2.01. The highest BCUT2D eigenvalue weighted by Crippen LogP contribution is 2.02. The largest absolute Gasteiger partial charge is 0.355 e. The second kappa shape index (κ2) is 7.27. The number of hydrogen-bond acceptors (Lipinski definition) is 3. The molecule has 98 valence electrons. The van der Waals surface area contributed by atoms with E-state index >= 15 is 0 Å². The number of hydrogen-bond donors (Lipinski definition) is 3. The number of carbonyl (C=O) groups excluding carboxylic acids is 2. The standard InChI is InChI=1S/C12H23N3O2/c1-3-5-9(2)15-11(16)8-14-10-6-4-7-13-12(10)17/h9-10,14H,3-8H2,1-2H3,(H,13,17)(H,15,16). The van der Waals surface area contributed by atoms with Crippen LogP contribution in [-0.2, 0) is 9.59 Å². The maximum absolute atomic E-state index is 11.6. The summed E-state index contributed by atoms with van der Waals surface area (Å²) in [5.41, 5.74) is 0. The zero-order valence-corrected chi connectivity index (χ0v) is 10.7. The summed E-state index contributed by atoms with van der Waals surface area (Å²) in [7, 11) is 0. The maximum atomic E-state index is 11.6. The summed E-state index contributed by atoms with van der Waals surface area (Å²) in [4.78, 5) is 23.0. The van der Waals surface area contributed by atoms with Crippen LogP contribution < -0.4 is 16.0 Å². The summed E-state index contributed by atoms with van der Waals surface area (Å²) in [5.74, 6) is -0.0324. The first-order valence-corrected chi connectivity index (χ1v) is 6.44. The normalized spacial score (nSPS) is 21.8. The third-order valence-electron chi connectivity index (χ3n) is 2.92. The molecule has 3 N–H and O–H groups in total. The molecule has 1 aliphatic heterocycles. The van der Waals surface area contributed by atoms with Crippen molar-refractivity contribution in [1.82, 2.24) is 16.0 Å². The zero-order valence-electron chi connectivity index (χ0n) is 10.7. The van der Waals surface area contributed by atoms with Gasteiger partial charge in [-0.15, -0.1) is 0 Å². The van der Waals surface area contributed by atoms with Crippen LogP contribution in [0, 0.1) is 0 Å². The molecule has 1 aliphatic rings. The summed E-state index contributed by atoms with van der Waals surface area (Å²) >= 11 is 0. The molecule has 0 bridgehead atoms. The van der Waals surface area contributed by atoms with Gasteiger partial charge in [0.25, 0.3) is 0 Å². The number of nitrogens with one attached hydrogen (secondary N) is 3. The van der Waals surface area contributed by atoms with Crippen LogP contribution in [0.2, 0.25) is 0 Å². The molecule has 1 fully saturated rings. The molecule has 2 unspecified atom stereocenters. The Bertz CT molecular complexity index is 268. The minimum atomic E-state index is -0.212. The third-order valence-corrected chi connectivity index (χ3v) is 2.92. The highest BCUT2D eigenvalue weighted by Gasteiger charge is 2.21. The van der Waals surface area contributed by atoms with Crippen molar-refractivity contribution >= 4 is 11.8 Å². The molecule has 5 nitrogen and oxygen atoms in total. The minimum Gasteiger partial charge on any atom is -0.355 e. The van der Waals surface area contributed by atoms with Gasteiger partial charge in [-0.25, -0.2) is 0 Å². The smallest absolute Gasteiger partial charge is 0.237 e. The van der Waals surface area contributed by atoms with Crippen LogP contribution >= 0.6 is 0 Å². The molecule has 0 spiro atoms. The number of carbonyl (C=O) groups is 2. The molecular formula is C12H23N3O2. The Kier molecular flexibility index (Phi) is 5.97. The van der Waals surface area contributed by atoms with Crippen LogP contribution in [-0.4, -0.2) is 37.0 Å². The van der Waals surface area contributed by atoms with Crippen molar-refractivity contribution in [3.05, 3.63) is 0 Å². The molecule has 0 radical (unpaired) electrons. The quantitative estimate of drug-likeness (QED) is 0.620. The summed E-state index contributed by atoms with van der Waals surface area (Å²) in [5, 5.41) is 8.68. The average Bonchev–Trinajstić information content (AvgIpc) is 2.28. The van der Waals surface area contributed by atoms with Gasteiger partial charge in [0.05, 0.1) is 12.6 Å². The van der Waals surface area contributed by atoms with E-state index < -0.39 is 0 Å². The topological polar surface area (TPSA) is 70.2 Å². The van der Waals surface area contributed by atoms with Crippen molar-refractivity contribution in [3.63, 3.8) is 0 Å². The van der Waals surface area contributed by atoms with E-state index in [0.29, 0.717) is 0 Å². The van der Waals surface area contributed by atoms with E-state index in [9.17, 15) is 9.59 Å². The Morgan fingerprint density at radius 1 is 1.59 bits per heavy atom. The molecule has 1 rings (SSSR count). The zero-order chi connectivity index (χ0) is 12.7. The van der Waals surface area contributed by atoms with Gasteiger partial charge in [-0.05, 0) is 26.2 Å². The molecule has 17 heavy (non-hydrogen) atoms. The Balaban J connectivity index is 2.20. The van der Waals surface area contributed by atoms with E-state index in [-0.39, 0.29) is 30.4 Å². The van der Waals surface area contributed by atoms with Crippen LogP contribution in [0.1, 0.15) is 39.5 Å². The number of rotatable bonds is 6. The molecule has 0 aromatic heterocycles. The summed E-state index contributed by atoms with van der Waals surface area (Å²) in [6.07, 6.45) is 3.82. The first-order valence-electron chi connectivity index (χ1n) is 6.44. The van der Waals surface area contributed by atoms with Gasteiger partial charge in [0.1, 0.15) is 0 Å². The van der Waals surface area contributed by atoms with Crippen LogP contribution in [0.25, 0.3) is 0 Å². The van der Waals surface area contributed by atoms with Crippen molar-refractivity contribution in [2.24, 2.45) is 0 Å². The summed E-state index contributed by atoms with van der Waals surface area (Å²) < 4.78 is 0. The van der Waals surface area contributed by atoms with Crippen molar-refractivity contribution in [2.45, 2.75) is 51.6 Å². The first-order chi connectivity index (χ1) is 8.13. The van der Waals surface area contributed by atoms with Gasteiger partial charge in [0, 0.05) is 12.6 Å². The second-order valence-electron chi connectivity index (χ2n) is 4.62. The first kappa shape index (κ1) is 14.0. The number of amides is 2. The van der Waals surface area contributed by atoms with Gasteiger partial charge in [0.2, 0.25) is 11.8 Å². The van der Waals surface area contributed by atoms with Crippen LogP contribution in [0.3, 0.4) is 0 Å². The molecule has 2 atom stereocenters. The third kappa shape index (κ3) is 5.17. The molecule has 0 aromatic rings. The van der Waals surface area contributed by atoms with Crippen molar-refractivity contribution in [1.29, 1.82) is 0 Å². The Labute approximate surface area is 103 Å². The van der Waals surface area contributed by atoms with Crippen LogP contribution in [0.4, 0.5) is 0 Å². The van der Waals surface area contributed by atoms with Gasteiger partial charge in [-0.2, -0.15) is 0 Å². The molecule has 1 saturated heterocycles. The maximum Gasteiger partial charge on any atom is 0.237 e. The molecule has 0 saturated carbocycles. The van der Waals surface area contributed by atoms with Gasteiger partial charge < -0.3 is 10.6 Å².